The fraction of sp³-hybridized carbons (Fsp3) is 0. The number of hydrogen-bond donors (Lipinski definition) is 1. The van der Waals surface area contributed by atoms with Gasteiger partial charge in [0.25, 0.3) is 0 Å². The number of anilines is 1. The molecule has 2 N–H and O–H groups in total. The zero-order valence-electron chi connectivity index (χ0n) is 10.6. The van der Waals surface area contributed by atoms with E-state index in [2.05, 4.69) is 20.9 Å². The molecule has 0 amide bonds. The van der Waals surface area contributed by atoms with Crippen molar-refractivity contribution in [2.75, 3.05) is 5.73 Å². The van der Waals surface area contributed by atoms with Crippen LogP contribution in [0.2, 0.25) is 10.0 Å². The maximum absolute atomic E-state index is 6.16. The van der Waals surface area contributed by atoms with Crippen molar-refractivity contribution in [3.63, 3.8) is 0 Å². The Morgan fingerprint density at radius 1 is 1.14 bits per heavy atom. The zero-order chi connectivity index (χ0) is 15.0. The van der Waals surface area contributed by atoms with Gasteiger partial charge in [0.05, 0.1) is 22.4 Å². The summed E-state index contributed by atoms with van der Waals surface area (Å²) in [5.41, 5.74) is 7.20. The van der Waals surface area contributed by atoms with E-state index in [4.69, 9.17) is 33.7 Å². The minimum Gasteiger partial charge on any atom is -0.453 e. The van der Waals surface area contributed by atoms with Crippen molar-refractivity contribution in [3.05, 3.63) is 57.1 Å². The maximum Gasteiger partial charge on any atom is 0.161 e. The van der Waals surface area contributed by atoms with E-state index in [9.17, 15) is 0 Å². The average molecular weight is 384 g/mol. The number of hydrogen-bond acceptors (Lipinski definition) is 3. The Hall–Kier alpha value is -1.49. The van der Waals surface area contributed by atoms with E-state index < -0.39 is 0 Å². The first-order chi connectivity index (χ1) is 10.1. The first-order valence-corrected chi connectivity index (χ1v) is 7.57. The minimum atomic E-state index is 0.346. The van der Waals surface area contributed by atoms with Crippen molar-refractivity contribution in [1.82, 2.24) is 4.98 Å². The third-order valence-corrected chi connectivity index (χ3v) is 4.23. The predicted octanol–water partition coefficient (Wildman–Crippen LogP) is 5.68. The number of ether oxygens (including phenoxy) is 1. The SMILES string of the molecule is Nc1cnc2ccc(Br)cc2c1Oc1cccc(Cl)c1Cl. The average Bonchev–Trinajstić information content (AvgIpc) is 2.46. The van der Waals surface area contributed by atoms with Crippen LogP contribution >= 0.6 is 39.1 Å². The molecular formula is C15H9BrCl2N2O. The number of nitrogens with two attached hydrogens (primary N) is 1. The second kappa shape index (κ2) is 5.72. The van der Waals surface area contributed by atoms with Crippen LogP contribution in [0.3, 0.4) is 0 Å². The molecule has 0 saturated heterocycles. The molecule has 6 heteroatoms. The molecule has 0 atom stereocenters. The molecule has 0 aliphatic carbocycles. The van der Waals surface area contributed by atoms with Gasteiger partial charge in [0.15, 0.2) is 5.75 Å². The highest BCUT2D eigenvalue weighted by Crippen LogP contribution is 2.39. The largest absolute Gasteiger partial charge is 0.453 e. The van der Waals surface area contributed by atoms with Gasteiger partial charge in [-0.25, -0.2) is 0 Å². The van der Waals surface area contributed by atoms with Gasteiger partial charge in [0, 0.05) is 9.86 Å². The molecule has 106 valence electrons. The fourth-order valence-corrected chi connectivity index (χ4v) is 2.63. The first-order valence-electron chi connectivity index (χ1n) is 6.02. The quantitative estimate of drug-likeness (QED) is 0.619. The van der Waals surface area contributed by atoms with E-state index in [-0.39, 0.29) is 0 Å². The van der Waals surface area contributed by atoms with Crippen LogP contribution in [-0.4, -0.2) is 4.98 Å². The van der Waals surface area contributed by atoms with Crippen LogP contribution in [0.5, 0.6) is 11.5 Å². The van der Waals surface area contributed by atoms with Crippen molar-refractivity contribution in [2.45, 2.75) is 0 Å². The van der Waals surface area contributed by atoms with Crippen molar-refractivity contribution in [1.29, 1.82) is 0 Å². The molecule has 21 heavy (non-hydrogen) atoms. The Morgan fingerprint density at radius 2 is 1.95 bits per heavy atom. The van der Waals surface area contributed by atoms with Crippen LogP contribution in [0.15, 0.2) is 47.1 Å². The van der Waals surface area contributed by atoms with E-state index in [0.717, 1.165) is 15.4 Å². The Balaban J connectivity index is 2.18. The summed E-state index contributed by atoms with van der Waals surface area (Å²) < 4.78 is 6.79. The molecule has 0 aliphatic heterocycles. The number of nitrogens with zero attached hydrogens (tertiary/aromatic N) is 1. The maximum atomic E-state index is 6.16. The van der Waals surface area contributed by atoms with Crippen molar-refractivity contribution < 1.29 is 4.74 Å². The van der Waals surface area contributed by atoms with Crippen molar-refractivity contribution in [3.8, 4) is 11.5 Å². The highest BCUT2D eigenvalue weighted by molar-refractivity contribution is 9.10. The van der Waals surface area contributed by atoms with Crippen LogP contribution < -0.4 is 10.5 Å². The predicted molar refractivity (Wildman–Crippen MR) is 90.4 cm³/mol. The molecule has 0 aliphatic rings. The van der Waals surface area contributed by atoms with Crippen LogP contribution in [0, 0.1) is 0 Å². The van der Waals surface area contributed by atoms with E-state index >= 15 is 0 Å². The smallest absolute Gasteiger partial charge is 0.161 e. The number of fused-ring (bicyclic) bond motifs is 1. The molecular weight excluding hydrogens is 375 g/mol. The molecule has 0 fully saturated rings. The number of rotatable bonds is 2. The molecule has 0 unspecified atom stereocenters. The molecule has 0 radical (unpaired) electrons. The van der Waals surface area contributed by atoms with Crippen LogP contribution in [-0.2, 0) is 0 Å². The molecule has 3 rings (SSSR count). The molecule has 0 spiro atoms. The Kier molecular flexibility index (Phi) is 3.93. The van der Waals surface area contributed by atoms with Gasteiger partial charge in [-0.1, -0.05) is 45.2 Å². The normalized spacial score (nSPS) is 10.8. The molecule has 0 bridgehead atoms. The number of halogens is 3. The lowest BCUT2D eigenvalue weighted by atomic mass is 10.2. The van der Waals surface area contributed by atoms with Gasteiger partial charge in [-0.3, -0.25) is 4.98 Å². The third kappa shape index (κ3) is 2.79. The Labute approximate surface area is 139 Å². The summed E-state index contributed by atoms with van der Waals surface area (Å²) in [6.07, 6.45) is 1.56. The summed E-state index contributed by atoms with van der Waals surface area (Å²) in [7, 11) is 0. The minimum absolute atomic E-state index is 0.346. The van der Waals surface area contributed by atoms with E-state index in [0.29, 0.717) is 27.2 Å². The van der Waals surface area contributed by atoms with Crippen LogP contribution in [0.1, 0.15) is 0 Å². The van der Waals surface area contributed by atoms with Gasteiger partial charge in [0.2, 0.25) is 0 Å². The third-order valence-electron chi connectivity index (χ3n) is 2.94. The van der Waals surface area contributed by atoms with Gasteiger partial charge < -0.3 is 10.5 Å². The highest BCUT2D eigenvalue weighted by atomic mass is 79.9. The standard InChI is InChI=1S/C15H9BrCl2N2O/c16-8-4-5-12-9(6-8)15(11(19)7-20-12)21-13-3-1-2-10(17)14(13)18/h1-7H,19H2. The number of pyridine rings is 1. The topological polar surface area (TPSA) is 48.1 Å². The summed E-state index contributed by atoms with van der Waals surface area (Å²) in [6, 6.07) is 10.9. The van der Waals surface area contributed by atoms with Crippen molar-refractivity contribution >= 4 is 55.7 Å². The summed E-state index contributed by atoms with van der Waals surface area (Å²) >= 11 is 15.6. The summed E-state index contributed by atoms with van der Waals surface area (Å²) in [4.78, 5) is 4.28. The lowest BCUT2D eigenvalue weighted by molar-refractivity contribution is 0.490. The number of benzene rings is 2. The van der Waals surface area contributed by atoms with Gasteiger partial charge in [0.1, 0.15) is 10.8 Å². The fourth-order valence-electron chi connectivity index (χ4n) is 1.94. The number of aromatic nitrogens is 1. The lowest BCUT2D eigenvalue weighted by Crippen LogP contribution is -1.95. The summed E-state index contributed by atoms with van der Waals surface area (Å²) in [6.45, 7) is 0. The first kappa shape index (κ1) is 14.4. The lowest BCUT2D eigenvalue weighted by Gasteiger charge is -2.13. The summed E-state index contributed by atoms with van der Waals surface area (Å²) in [5.74, 6) is 0.953. The van der Waals surface area contributed by atoms with Crippen LogP contribution in [0.25, 0.3) is 10.9 Å². The Bertz CT molecular complexity index is 834. The molecule has 1 aromatic heterocycles. The zero-order valence-corrected chi connectivity index (χ0v) is 13.7. The molecule has 3 aromatic rings. The molecule has 1 heterocycles. The summed E-state index contributed by atoms with van der Waals surface area (Å²) in [5, 5.41) is 1.56. The molecule has 3 nitrogen and oxygen atoms in total. The van der Waals surface area contributed by atoms with Gasteiger partial charge >= 0.3 is 0 Å². The Morgan fingerprint density at radius 3 is 2.76 bits per heavy atom. The second-order valence-corrected chi connectivity index (χ2v) is 6.06. The van der Waals surface area contributed by atoms with E-state index in [1.165, 1.54) is 0 Å². The van der Waals surface area contributed by atoms with Gasteiger partial charge in [-0.2, -0.15) is 0 Å². The van der Waals surface area contributed by atoms with Crippen LogP contribution in [0.4, 0.5) is 5.69 Å². The van der Waals surface area contributed by atoms with Crippen molar-refractivity contribution in [2.24, 2.45) is 0 Å². The van der Waals surface area contributed by atoms with Gasteiger partial charge in [-0.05, 0) is 30.3 Å². The second-order valence-electron chi connectivity index (χ2n) is 4.36. The molecule has 0 saturated carbocycles. The monoisotopic (exact) mass is 382 g/mol. The van der Waals surface area contributed by atoms with E-state index in [1.807, 2.05) is 18.2 Å². The number of nitrogen functional groups attached to an aromatic ring is 1. The van der Waals surface area contributed by atoms with Gasteiger partial charge in [-0.15, -0.1) is 0 Å². The highest BCUT2D eigenvalue weighted by Gasteiger charge is 2.13. The molecule has 2 aromatic carbocycles. The van der Waals surface area contributed by atoms with E-state index in [1.54, 1.807) is 24.4 Å².